The summed E-state index contributed by atoms with van der Waals surface area (Å²) in [7, 11) is 0. The second kappa shape index (κ2) is 7.48. The van der Waals surface area contributed by atoms with Crippen LogP contribution in [0.25, 0.3) is 10.2 Å². The summed E-state index contributed by atoms with van der Waals surface area (Å²) in [6.45, 7) is 4.59. The van der Waals surface area contributed by atoms with Crippen LogP contribution >= 0.6 is 11.3 Å². The summed E-state index contributed by atoms with van der Waals surface area (Å²) in [5.74, 6) is 1.25. The number of carbonyl (C=O) groups is 1. The van der Waals surface area contributed by atoms with Crippen LogP contribution in [0.1, 0.15) is 48.9 Å². The molecule has 7 heteroatoms. The first kappa shape index (κ1) is 17.7. The van der Waals surface area contributed by atoms with Crippen molar-refractivity contribution in [2.45, 2.75) is 52.0 Å². The van der Waals surface area contributed by atoms with Crippen molar-refractivity contribution in [3.63, 3.8) is 0 Å². The van der Waals surface area contributed by atoms with Gasteiger partial charge in [0.1, 0.15) is 16.5 Å². The highest BCUT2D eigenvalue weighted by Crippen LogP contribution is 2.37. The Hall–Kier alpha value is -1.73. The van der Waals surface area contributed by atoms with Crippen molar-refractivity contribution in [1.29, 1.82) is 0 Å². The number of nitrogens with zero attached hydrogens (tertiary/aromatic N) is 3. The number of fused-ring (bicyclic) bond motifs is 3. The highest BCUT2D eigenvalue weighted by Gasteiger charge is 2.28. The first-order valence-corrected chi connectivity index (χ1v) is 10.4. The summed E-state index contributed by atoms with van der Waals surface area (Å²) < 4.78 is 5.19. The van der Waals surface area contributed by atoms with Gasteiger partial charge in [-0.1, -0.05) is 0 Å². The van der Waals surface area contributed by atoms with Gasteiger partial charge in [-0.15, -0.1) is 11.3 Å². The molecule has 0 radical (unpaired) electrons. The molecule has 1 saturated heterocycles. The third kappa shape index (κ3) is 3.42. The van der Waals surface area contributed by atoms with Crippen molar-refractivity contribution >= 4 is 33.3 Å². The van der Waals surface area contributed by atoms with Gasteiger partial charge < -0.3 is 10.5 Å². The minimum absolute atomic E-state index is 0.0428. The Labute approximate surface area is 157 Å². The van der Waals surface area contributed by atoms with Gasteiger partial charge in [-0.05, 0) is 57.6 Å². The zero-order valence-corrected chi connectivity index (χ0v) is 16.1. The molecule has 0 saturated carbocycles. The number of aromatic nitrogens is 2. The van der Waals surface area contributed by atoms with E-state index in [0.29, 0.717) is 25.5 Å². The van der Waals surface area contributed by atoms with Gasteiger partial charge >= 0.3 is 5.97 Å². The molecule has 140 valence electrons. The molecule has 0 spiro atoms. The Kier molecular flexibility index (Phi) is 5.09. The number of nitrogens with two attached hydrogens (primary N) is 1. The summed E-state index contributed by atoms with van der Waals surface area (Å²) in [4.78, 5) is 26.2. The Morgan fingerprint density at radius 1 is 1.31 bits per heavy atom. The summed E-state index contributed by atoms with van der Waals surface area (Å²) in [6, 6.07) is 0. The van der Waals surface area contributed by atoms with Gasteiger partial charge in [-0.25, -0.2) is 9.97 Å². The fourth-order valence-electron chi connectivity index (χ4n) is 4.15. The number of piperidine rings is 1. The fraction of sp³-hybridized carbons (Fsp3) is 0.632. The molecule has 2 N–H and O–H groups in total. The van der Waals surface area contributed by atoms with Crippen LogP contribution in [-0.4, -0.2) is 40.5 Å². The van der Waals surface area contributed by atoms with Crippen LogP contribution in [0.2, 0.25) is 0 Å². The second-order valence-electron chi connectivity index (χ2n) is 7.24. The molecule has 0 aromatic carbocycles. The normalized spacial score (nSPS) is 20.9. The molecule has 0 bridgehead atoms. The molecule has 1 fully saturated rings. The zero-order valence-electron chi connectivity index (χ0n) is 15.3. The van der Waals surface area contributed by atoms with E-state index >= 15 is 0 Å². The molecule has 2 aromatic rings. The second-order valence-corrected chi connectivity index (χ2v) is 8.33. The molecular weight excluding hydrogens is 348 g/mol. The number of ether oxygens (including phenoxy) is 1. The number of hydrogen-bond acceptors (Lipinski definition) is 7. The molecule has 0 amide bonds. The van der Waals surface area contributed by atoms with E-state index in [4.69, 9.17) is 15.5 Å². The van der Waals surface area contributed by atoms with E-state index in [0.717, 1.165) is 48.3 Å². The van der Waals surface area contributed by atoms with Crippen LogP contribution in [0.3, 0.4) is 0 Å². The number of thiophene rings is 1. The van der Waals surface area contributed by atoms with Gasteiger partial charge in [0.05, 0.1) is 24.5 Å². The number of anilines is 1. The van der Waals surface area contributed by atoms with Gasteiger partial charge in [0.15, 0.2) is 0 Å². The first-order valence-electron chi connectivity index (χ1n) is 9.61. The largest absolute Gasteiger partial charge is 0.466 e. The average molecular weight is 375 g/mol. The van der Waals surface area contributed by atoms with Crippen molar-refractivity contribution in [1.82, 2.24) is 14.9 Å². The predicted octanol–water partition coefficient (Wildman–Crippen LogP) is 2.93. The molecule has 2 aromatic heterocycles. The molecule has 6 nitrogen and oxygen atoms in total. The minimum Gasteiger partial charge on any atom is -0.466 e. The van der Waals surface area contributed by atoms with E-state index in [2.05, 4.69) is 9.88 Å². The Morgan fingerprint density at radius 3 is 3.00 bits per heavy atom. The van der Waals surface area contributed by atoms with E-state index in [1.165, 1.54) is 23.3 Å². The summed E-state index contributed by atoms with van der Waals surface area (Å²) >= 11 is 1.78. The molecule has 1 atom stereocenters. The molecule has 4 rings (SSSR count). The monoisotopic (exact) mass is 374 g/mol. The molecule has 26 heavy (non-hydrogen) atoms. The van der Waals surface area contributed by atoms with Crippen molar-refractivity contribution in [3.05, 3.63) is 16.3 Å². The number of rotatable bonds is 4. The zero-order chi connectivity index (χ0) is 18.1. The molecular formula is C19H26N4O2S. The Morgan fingerprint density at radius 2 is 2.15 bits per heavy atom. The summed E-state index contributed by atoms with van der Waals surface area (Å²) in [6.07, 6.45) is 6.60. The topological polar surface area (TPSA) is 81.3 Å². The minimum atomic E-state index is -0.0842. The lowest BCUT2D eigenvalue weighted by Crippen LogP contribution is -2.39. The highest BCUT2D eigenvalue weighted by molar-refractivity contribution is 7.19. The molecule has 2 aliphatic rings. The first-order chi connectivity index (χ1) is 12.7. The fourth-order valence-corrected chi connectivity index (χ4v) is 5.44. The van der Waals surface area contributed by atoms with Crippen LogP contribution in [0.5, 0.6) is 0 Å². The molecule has 1 unspecified atom stereocenters. The number of likely N-dealkylation sites (tertiary alicyclic amines) is 1. The van der Waals surface area contributed by atoms with E-state index < -0.39 is 0 Å². The van der Waals surface area contributed by atoms with Crippen LogP contribution in [0, 0.1) is 5.92 Å². The van der Waals surface area contributed by atoms with Gasteiger partial charge in [-0.2, -0.15) is 0 Å². The lowest BCUT2D eigenvalue weighted by molar-refractivity contribution is -0.150. The van der Waals surface area contributed by atoms with Gasteiger partial charge in [0.2, 0.25) is 0 Å². The van der Waals surface area contributed by atoms with Crippen LogP contribution in [0.4, 0.5) is 5.82 Å². The number of carbonyl (C=O) groups excluding carboxylic acids is 1. The lowest BCUT2D eigenvalue weighted by atomic mass is 9.97. The van der Waals surface area contributed by atoms with E-state index in [-0.39, 0.29) is 11.9 Å². The van der Waals surface area contributed by atoms with Crippen LogP contribution in [0.15, 0.2) is 0 Å². The van der Waals surface area contributed by atoms with Crippen molar-refractivity contribution in [2.75, 3.05) is 25.4 Å². The van der Waals surface area contributed by atoms with E-state index in [9.17, 15) is 4.79 Å². The lowest BCUT2D eigenvalue weighted by Gasteiger charge is -2.30. The van der Waals surface area contributed by atoms with E-state index in [1.54, 1.807) is 11.3 Å². The van der Waals surface area contributed by atoms with Gasteiger partial charge in [-0.3, -0.25) is 9.69 Å². The maximum atomic E-state index is 12.0. The predicted molar refractivity (Wildman–Crippen MR) is 103 cm³/mol. The van der Waals surface area contributed by atoms with Gasteiger partial charge in [0.25, 0.3) is 0 Å². The smallest absolute Gasteiger partial charge is 0.310 e. The average Bonchev–Trinajstić information content (AvgIpc) is 3.01. The van der Waals surface area contributed by atoms with E-state index in [1.807, 2.05) is 6.92 Å². The highest BCUT2D eigenvalue weighted by atomic mass is 32.1. The molecule has 1 aliphatic carbocycles. The Bertz CT molecular complexity index is 819. The number of aryl methyl sites for hydroxylation is 2. The summed E-state index contributed by atoms with van der Waals surface area (Å²) in [5.41, 5.74) is 7.68. The standard InChI is InChI=1S/C19H26N4O2S/c1-2-25-19(24)12-6-5-9-23(10-12)11-15-21-17(20)16-13-7-3-4-8-14(13)26-18(16)22-15/h12H,2-11H2,1H3,(H2,20,21,22). The van der Waals surface area contributed by atoms with Crippen LogP contribution in [-0.2, 0) is 28.9 Å². The van der Waals surface area contributed by atoms with Crippen LogP contribution < -0.4 is 5.73 Å². The van der Waals surface area contributed by atoms with Crippen molar-refractivity contribution < 1.29 is 9.53 Å². The summed E-state index contributed by atoms with van der Waals surface area (Å²) in [5, 5.41) is 1.08. The maximum Gasteiger partial charge on any atom is 0.310 e. The maximum absolute atomic E-state index is 12.0. The third-order valence-electron chi connectivity index (χ3n) is 5.38. The number of nitrogen functional groups attached to an aromatic ring is 1. The number of hydrogen-bond donors (Lipinski definition) is 1. The molecule has 3 heterocycles. The Balaban J connectivity index is 1.53. The third-order valence-corrected chi connectivity index (χ3v) is 6.57. The quantitative estimate of drug-likeness (QED) is 0.829. The van der Waals surface area contributed by atoms with Gasteiger partial charge in [0, 0.05) is 11.4 Å². The van der Waals surface area contributed by atoms with Crippen molar-refractivity contribution in [3.8, 4) is 0 Å². The number of esters is 1. The van der Waals surface area contributed by atoms with Crippen molar-refractivity contribution in [2.24, 2.45) is 5.92 Å². The molecule has 1 aliphatic heterocycles. The SMILES string of the molecule is CCOC(=O)C1CCCN(Cc2nc(N)c3c4c(sc3n2)CCCC4)C1.